The van der Waals surface area contributed by atoms with E-state index in [9.17, 15) is 5.26 Å². The fourth-order valence-corrected chi connectivity index (χ4v) is 4.72. The van der Waals surface area contributed by atoms with Gasteiger partial charge in [0, 0.05) is 23.7 Å². The predicted molar refractivity (Wildman–Crippen MR) is 133 cm³/mol. The fraction of sp³-hybridized carbons (Fsp3) is 0.346. The molecule has 1 aliphatic heterocycles. The highest BCUT2D eigenvalue weighted by Crippen LogP contribution is 2.39. The summed E-state index contributed by atoms with van der Waals surface area (Å²) in [7, 11) is 1.60. The zero-order valence-corrected chi connectivity index (χ0v) is 20.9. The highest BCUT2D eigenvalue weighted by Gasteiger charge is 2.30. The van der Waals surface area contributed by atoms with Gasteiger partial charge in [-0.1, -0.05) is 23.7 Å². The van der Waals surface area contributed by atoms with Crippen molar-refractivity contribution in [2.24, 2.45) is 0 Å². The minimum atomic E-state index is -0.608. The number of aromatic nitrogens is 6. The van der Waals surface area contributed by atoms with Gasteiger partial charge in [-0.15, -0.1) is 5.10 Å². The molecule has 1 atom stereocenters. The Morgan fingerprint density at radius 3 is 2.74 bits per heavy atom. The maximum Gasteiger partial charge on any atom is 0.238 e. The molecule has 8 nitrogen and oxygen atoms in total. The Hall–Kier alpha value is -3.70. The Morgan fingerprint density at radius 2 is 2.03 bits per heavy atom. The number of aryl methyl sites for hydroxylation is 2. The molecule has 0 amide bonds. The minimum Gasteiger partial charge on any atom is -0.479 e. The van der Waals surface area contributed by atoms with Gasteiger partial charge in [0.25, 0.3) is 0 Å². The van der Waals surface area contributed by atoms with E-state index in [-0.39, 0.29) is 5.92 Å². The molecule has 0 unspecified atom stereocenters. The SMILES string of the molecule is COc1nc(-c2nc3n(n2)CCC[C@@H]3c2cc(C(C)(C)C#N)ccc2Cl)ccc1-n1cnc(C)c1. The van der Waals surface area contributed by atoms with Gasteiger partial charge in [-0.2, -0.15) is 5.26 Å². The van der Waals surface area contributed by atoms with Crippen molar-refractivity contribution >= 4 is 11.6 Å². The van der Waals surface area contributed by atoms with Gasteiger partial charge in [-0.05, 0) is 62.9 Å². The first-order valence-corrected chi connectivity index (χ1v) is 11.9. The second-order valence-electron chi connectivity index (χ2n) is 9.33. The molecule has 4 aromatic rings. The minimum absolute atomic E-state index is 0.0120. The van der Waals surface area contributed by atoms with E-state index in [1.807, 2.05) is 66.5 Å². The molecular weight excluding hydrogens is 462 g/mol. The van der Waals surface area contributed by atoms with E-state index in [1.54, 1.807) is 13.4 Å². The number of nitrogens with zero attached hydrogens (tertiary/aromatic N) is 7. The van der Waals surface area contributed by atoms with Crippen molar-refractivity contribution in [3.63, 3.8) is 0 Å². The summed E-state index contributed by atoms with van der Waals surface area (Å²) in [6, 6.07) is 12.1. The van der Waals surface area contributed by atoms with Crippen molar-refractivity contribution in [3.05, 3.63) is 70.5 Å². The van der Waals surface area contributed by atoms with Crippen molar-refractivity contribution in [2.75, 3.05) is 7.11 Å². The Morgan fingerprint density at radius 1 is 1.20 bits per heavy atom. The molecule has 0 saturated heterocycles. The van der Waals surface area contributed by atoms with Crippen LogP contribution in [0.4, 0.5) is 0 Å². The molecule has 0 fully saturated rings. The number of halogens is 1. The van der Waals surface area contributed by atoms with Gasteiger partial charge in [-0.25, -0.2) is 19.6 Å². The number of rotatable bonds is 5. The van der Waals surface area contributed by atoms with Gasteiger partial charge in [0.2, 0.25) is 5.88 Å². The van der Waals surface area contributed by atoms with E-state index in [4.69, 9.17) is 31.4 Å². The number of methoxy groups -OCH3 is 1. The average molecular weight is 488 g/mol. The van der Waals surface area contributed by atoms with Gasteiger partial charge < -0.3 is 9.30 Å². The van der Waals surface area contributed by atoms with E-state index in [0.29, 0.717) is 22.4 Å². The number of nitriles is 1. The standard InChI is InChI=1S/C26H26ClN7O/c1-16-13-33(15-29-16)22-10-9-21(30-25(22)35-4)23-31-24-18(6-5-11-34(24)32-23)19-12-17(7-8-20(19)27)26(2,3)14-28/h7-10,12-13,15,18H,5-6,11H2,1-4H3/t18-/m1/s1. The van der Waals surface area contributed by atoms with Crippen LogP contribution >= 0.6 is 11.6 Å². The van der Waals surface area contributed by atoms with Crippen molar-refractivity contribution in [2.45, 2.75) is 51.5 Å². The van der Waals surface area contributed by atoms with Crippen molar-refractivity contribution < 1.29 is 4.74 Å². The Balaban J connectivity index is 1.54. The van der Waals surface area contributed by atoms with Gasteiger partial charge >= 0.3 is 0 Å². The summed E-state index contributed by atoms with van der Waals surface area (Å²) < 4.78 is 9.40. The summed E-state index contributed by atoms with van der Waals surface area (Å²) in [6.07, 6.45) is 5.52. The molecule has 1 aliphatic rings. The van der Waals surface area contributed by atoms with Crippen LogP contribution in [0.1, 0.15) is 55.3 Å². The quantitative estimate of drug-likeness (QED) is 0.383. The second-order valence-corrected chi connectivity index (χ2v) is 9.74. The smallest absolute Gasteiger partial charge is 0.238 e. The van der Waals surface area contributed by atoms with Gasteiger partial charge in [0.05, 0.1) is 30.6 Å². The van der Waals surface area contributed by atoms with E-state index in [2.05, 4.69) is 11.1 Å². The van der Waals surface area contributed by atoms with Crippen LogP contribution in [0.15, 0.2) is 42.9 Å². The third-order valence-electron chi connectivity index (χ3n) is 6.50. The van der Waals surface area contributed by atoms with Gasteiger partial charge in [-0.3, -0.25) is 0 Å². The molecule has 0 spiro atoms. The third kappa shape index (κ3) is 4.17. The molecule has 3 aromatic heterocycles. The van der Waals surface area contributed by atoms with Crippen LogP contribution in [0, 0.1) is 18.3 Å². The molecule has 1 aromatic carbocycles. The number of benzene rings is 1. The molecule has 178 valence electrons. The summed E-state index contributed by atoms with van der Waals surface area (Å²) in [5.74, 6) is 1.86. The topological polar surface area (TPSA) is 94.4 Å². The van der Waals surface area contributed by atoms with Gasteiger partial charge in [0.1, 0.15) is 17.2 Å². The number of imidazole rings is 1. The summed E-state index contributed by atoms with van der Waals surface area (Å²) in [4.78, 5) is 13.9. The van der Waals surface area contributed by atoms with Crippen LogP contribution < -0.4 is 4.74 Å². The van der Waals surface area contributed by atoms with Gasteiger partial charge in [0.15, 0.2) is 5.82 Å². The zero-order valence-electron chi connectivity index (χ0n) is 20.2. The Bertz CT molecular complexity index is 1450. The lowest BCUT2D eigenvalue weighted by atomic mass is 9.82. The van der Waals surface area contributed by atoms with E-state index in [1.165, 1.54) is 0 Å². The molecule has 0 N–H and O–H groups in total. The Labute approximate surface area is 209 Å². The average Bonchev–Trinajstić information content (AvgIpc) is 3.50. The molecule has 9 heteroatoms. The second kappa shape index (κ2) is 8.82. The number of fused-ring (bicyclic) bond motifs is 1. The van der Waals surface area contributed by atoms with E-state index >= 15 is 0 Å². The summed E-state index contributed by atoms with van der Waals surface area (Å²) in [5, 5.41) is 15.0. The number of hydrogen-bond donors (Lipinski definition) is 0. The van der Waals surface area contributed by atoms with Crippen LogP contribution in [0.5, 0.6) is 5.88 Å². The number of pyridine rings is 1. The lowest BCUT2D eigenvalue weighted by molar-refractivity contribution is 0.396. The lowest BCUT2D eigenvalue weighted by Gasteiger charge is -2.25. The maximum absolute atomic E-state index is 9.61. The van der Waals surface area contributed by atoms with Crippen LogP contribution in [0.25, 0.3) is 17.2 Å². The lowest BCUT2D eigenvalue weighted by Crippen LogP contribution is -2.20. The maximum atomic E-state index is 9.61. The summed E-state index contributed by atoms with van der Waals surface area (Å²) in [6.45, 7) is 6.54. The summed E-state index contributed by atoms with van der Waals surface area (Å²) in [5.41, 5.74) is 3.64. The van der Waals surface area contributed by atoms with E-state index < -0.39 is 5.41 Å². The molecule has 5 rings (SSSR count). The molecule has 0 bridgehead atoms. The molecule has 35 heavy (non-hydrogen) atoms. The molecule has 4 heterocycles. The first-order chi connectivity index (χ1) is 16.8. The Kier molecular flexibility index (Phi) is 5.81. The fourth-order valence-electron chi connectivity index (χ4n) is 4.48. The normalized spacial score (nSPS) is 15.5. The first kappa shape index (κ1) is 23.1. The van der Waals surface area contributed by atoms with Crippen LogP contribution in [-0.4, -0.2) is 36.4 Å². The van der Waals surface area contributed by atoms with E-state index in [0.717, 1.165) is 47.7 Å². The molecule has 0 radical (unpaired) electrons. The number of hydrogen-bond acceptors (Lipinski definition) is 6. The number of ether oxygens (including phenoxy) is 1. The highest BCUT2D eigenvalue weighted by molar-refractivity contribution is 6.31. The largest absolute Gasteiger partial charge is 0.479 e. The molecular formula is C26H26ClN7O. The van der Waals surface area contributed by atoms with Crippen LogP contribution in [-0.2, 0) is 12.0 Å². The molecule has 0 saturated carbocycles. The third-order valence-corrected chi connectivity index (χ3v) is 6.84. The summed E-state index contributed by atoms with van der Waals surface area (Å²) >= 11 is 6.65. The molecule has 0 aliphatic carbocycles. The van der Waals surface area contributed by atoms with Crippen LogP contribution in [0.3, 0.4) is 0 Å². The highest BCUT2D eigenvalue weighted by atomic mass is 35.5. The van der Waals surface area contributed by atoms with Crippen molar-refractivity contribution in [3.8, 4) is 29.2 Å². The van der Waals surface area contributed by atoms with Crippen LogP contribution in [0.2, 0.25) is 5.02 Å². The first-order valence-electron chi connectivity index (χ1n) is 11.5. The monoisotopic (exact) mass is 487 g/mol. The van der Waals surface area contributed by atoms with Crippen molar-refractivity contribution in [1.29, 1.82) is 5.26 Å². The predicted octanol–water partition coefficient (Wildman–Crippen LogP) is 5.22. The van der Waals surface area contributed by atoms with Crippen molar-refractivity contribution in [1.82, 2.24) is 29.3 Å². The zero-order chi connectivity index (χ0) is 24.7.